The molecule has 1 aromatic carbocycles. The van der Waals surface area contributed by atoms with Gasteiger partial charge in [0.15, 0.2) is 0 Å². The van der Waals surface area contributed by atoms with E-state index in [0.717, 1.165) is 31.6 Å². The number of hydrogen-bond acceptors (Lipinski definition) is 9. The van der Waals surface area contributed by atoms with E-state index >= 15 is 0 Å². The smallest absolute Gasteiger partial charge is 0.238 e. The zero-order valence-electron chi connectivity index (χ0n) is 18.7. The molecule has 1 atom stereocenters. The summed E-state index contributed by atoms with van der Waals surface area (Å²) in [4.78, 5) is 15.7. The van der Waals surface area contributed by atoms with Crippen LogP contribution in [0.2, 0.25) is 0 Å². The van der Waals surface area contributed by atoms with Crippen LogP contribution in [0.25, 0.3) is 0 Å². The molecule has 11 heteroatoms. The summed E-state index contributed by atoms with van der Waals surface area (Å²) in [7, 11) is -1.88. The van der Waals surface area contributed by atoms with Gasteiger partial charge in [-0.15, -0.1) is 0 Å². The Kier molecular flexibility index (Phi) is 6.68. The maximum absolute atomic E-state index is 11.8. The van der Waals surface area contributed by atoms with Crippen molar-refractivity contribution in [2.75, 3.05) is 42.2 Å². The zero-order valence-corrected chi connectivity index (χ0v) is 19.5. The lowest BCUT2D eigenvalue weighted by atomic mass is 9.96. The molecule has 0 saturated carbocycles. The summed E-state index contributed by atoms with van der Waals surface area (Å²) in [5.74, 6) is 1.33. The Labute approximate surface area is 184 Å². The Bertz CT molecular complexity index is 1030. The van der Waals surface area contributed by atoms with Crippen LogP contribution in [0.3, 0.4) is 0 Å². The second-order valence-electron chi connectivity index (χ2n) is 9.18. The van der Waals surface area contributed by atoms with Crippen LogP contribution in [-0.4, -0.2) is 56.1 Å². The highest BCUT2D eigenvalue weighted by Gasteiger charge is 2.20. The quantitative estimate of drug-likeness (QED) is 0.499. The summed E-state index contributed by atoms with van der Waals surface area (Å²) in [6, 6.07) is 4.90. The van der Waals surface area contributed by atoms with E-state index in [0.29, 0.717) is 23.5 Å². The molecule has 3 rings (SSSR count). The molecule has 10 nitrogen and oxygen atoms in total. The van der Waals surface area contributed by atoms with E-state index in [1.54, 1.807) is 6.07 Å². The number of nitrogens with zero attached hydrogens (tertiary/aromatic N) is 4. The molecule has 1 saturated heterocycles. The Morgan fingerprint density at radius 1 is 1.23 bits per heavy atom. The van der Waals surface area contributed by atoms with Gasteiger partial charge in [0.2, 0.25) is 27.9 Å². The third-order valence-corrected chi connectivity index (χ3v) is 5.77. The highest BCUT2D eigenvalue weighted by Crippen LogP contribution is 2.25. The molecule has 1 aromatic heterocycles. The van der Waals surface area contributed by atoms with E-state index in [4.69, 9.17) is 5.14 Å². The standard InChI is InChI=1S/C20H32N8O2S/c1-13-6-7-15(31(21,29)30)10-16(13)24-18-25-17(23-14-8-9-22-11-14)26-19(27-18)28(5)12-20(2,3)4/h6-7,10,14,22H,8-9,11-12H2,1-5H3,(H2,21,29,30)(H2,23,24,25,26,27)/t14-/m1/s1. The SMILES string of the molecule is Cc1ccc(S(N)(=O)=O)cc1Nc1nc(N[C@@H]2CCNC2)nc(N(C)CC(C)(C)C)n1. The third kappa shape index (κ3) is 6.49. The number of nitrogens with one attached hydrogen (secondary N) is 3. The van der Waals surface area contributed by atoms with Crippen molar-refractivity contribution in [2.24, 2.45) is 10.6 Å². The second kappa shape index (κ2) is 8.93. The molecule has 5 N–H and O–H groups in total. The number of aryl methyl sites for hydroxylation is 1. The number of nitrogens with two attached hydrogens (primary N) is 1. The molecule has 0 spiro atoms. The fraction of sp³-hybridized carbons (Fsp3) is 0.550. The first-order chi connectivity index (χ1) is 14.4. The summed E-state index contributed by atoms with van der Waals surface area (Å²) in [5.41, 5.74) is 1.46. The van der Waals surface area contributed by atoms with Crippen LogP contribution >= 0.6 is 0 Å². The molecular weight excluding hydrogens is 416 g/mol. The van der Waals surface area contributed by atoms with E-state index in [1.165, 1.54) is 12.1 Å². The lowest BCUT2D eigenvalue weighted by Gasteiger charge is -2.27. The van der Waals surface area contributed by atoms with Gasteiger partial charge in [0.1, 0.15) is 0 Å². The number of rotatable bonds is 7. The molecule has 0 amide bonds. The van der Waals surface area contributed by atoms with E-state index in [9.17, 15) is 8.42 Å². The van der Waals surface area contributed by atoms with Gasteiger partial charge in [0, 0.05) is 31.9 Å². The summed E-state index contributed by atoms with van der Waals surface area (Å²) in [6.07, 6.45) is 0.983. The predicted molar refractivity (Wildman–Crippen MR) is 123 cm³/mol. The predicted octanol–water partition coefficient (Wildman–Crippen LogP) is 1.83. The molecule has 1 aliphatic heterocycles. The van der Waals surface area contributed by atoms with E-state index in [-0.39, 0.29) is 16.4 Å². The average Bonchev–Trinajstić information content (AvgIpc) is 3.14. The maximum Gasteiger partial charge on any atom is 0.238 e. The summed E-state index contributed by atoms with van der Waals surface area (Å²) < 4.78 is 23.5. The van der Waals surface area contributed by atoms with Gasteiger partial charge in [0.25, 0.3) is 0 Å². The molecular formula is C20H32N8O2S. The molecule has 31 heavy (non-hydrogen) atoms. The minimum Gasteiger partial charge on any atom is -0.350 e. The summed E-state index contributed by atoms with van der Waals surface area (Å²) in [6.45, 7) is 10.9. The lowest BCUT2D eigenvalue weighted by Crippen LogP contribution is -2.31. The number of anilines is 4. The van der Waals surface area contributed by atoms with Gasteiger partial charge in [-0.25, -0.2) is 13.6 Å². The van der Waals surface area contributed by atoms with E-state index in [2.05, 4.69) is 51.7 Å². The van der Waals surface area contributed by atoms with Crippen molar-refractivity contribution in [1.82, 2.24) is 20.3 Å². The van der Waals surface area contributed by atoms with Crippen molar-refractivity contribution < 1.29 is 8.42 Å². The molecule has 2 heterocycles. The van der Waals surface area contributed by atoms with E-state index < -0.39 is 10.0 Å². The van der Waals surface area contributed by atoms with Crippen LogP contribution in [0, 0.1) is 12.3 Å². The van der Waals surface area contributed by atoms with Gasteiger partial charge in [0.05, 0.1) is 4.90 Å². The largest absolute Gasteiger partial charge is 0.350 e. The minimum atomic E-state index is -3.82. The molecule has 0 radical (unpaired) electrons. The van der Waals surface area contributed by atoms with Crippen LogP contribution in [0.1, 0.15) is 32.8 Å². The van der Waals surface area contributed by atoms with Gasteiger partial charge in [-0.1, -0.05) is 26.8 Å². The van der Waals surface area contributed by atoms with Gasteiger partial charge >= 0.3 is 0 Å². The van der Waals surface area contributed by atoms with Crippen molar-refractivity contribution in [2.45, 2.75) is 45.1 Å². The minimum absolute atomic E-state index is 0.0232. The highest BCUT2D eigenvalue weighted by molar-refractivity contribution is 7.89. The molecule has 1 fully saturated rings. The number of benzene rings is 1. The molecule has 1 aliphatic rings. The van der Waals surface area contributed by atoms with Crippen molar-refractivity contribution in [3.63, 3.8) is 0 Å². The Balaban J connectivity index is 1.95. The molecule has 0 unspecified atom stereocenters. The number of hydrogen-bond donors (Lipinski definition) is 4. The van der Waals surface area contributed by atoms with Crippen LogP contribution in [0.15, 0.2) is 23.1 Å². The topological polar surface area (TPSA) is 138 Å². The molecule has 2 aromatic rings. The monoisotopic (exact) mass is 448 g/mol. The first kappa shape index (κ1) is 23.2. The zero-order chi connectivity index (χ0) is 22.8. The average molecular weight is 449 g/mol. The number of aromatic nitrogens is 3. The Morgan fingerprint density at radius 2 is 1.94 bits per heavy atom. The van der Waals surface area contributed by atoms with Gasteiger partial charge in [-0.2, -0.15) is 15.0 Å². The lowest BCUT2D eigenvalue weighted by molar-refractivity contribution is 0.416. The van der Waals surface area contributed by atoms with Crippen molar-refractivity contribution >= 4 is 33.6 Å². The molecule has 0 aliphatic carbocycles. The summed E-state index contributed by atoms with van der Waals surface area (Å²) in [5, 5.41) is 15.1. The molecule has 0 bridgehead atoms. The van der Waals surface area contributed by atoms with Crippen molar-refractivity contribution in [1.29, 1.82) is 0 Å². The van der Waals surface area contributed by atoms with Crippen LogP contribution in [0.5, 0.6) is 0 Å². The van der Waals surface area contributed by atoms with Crippen LogP contribution < -0.4 is 26.0 Å². The van der Waals surface area contributed by atoms with E-state index in [1.807, 2.05) is 18.9 Å². The first-order valence-electron chi connectivity index (χ1n) is 10.3. The first-order valence-corrected chi connectivity index (χ1v) is 11.8. The number of sulfonamides is 1. The summed E-state index contributed by atoms with van der Waals surface area (Å²) >= 11 is 0. The normalized spacial score (nSPS) is 16.9. The van der Waals surface area contributed by atoms with Gasteiger partial charge in [-0.3, -0.25) is 0 Å². The Hall–Kier alpha value is -2.50. The van der Waals surface area contributed by atoms with Gasteiger partial charge in [-0.05, 0) is 43.0 Å². The second-order valence-corrected chi connectivity index (χ2v) is 10.7. The van der Waals surface area contributed by atoms with Crippen molar-refractivity contribution in [3.8, 4) is 0 Å². The molecule has 170 valence electrons. The van der Waals surface area contributed by atoms with Crippen molar-refractivity contribution in [3.05, 3.63) is 23.8 Å². The van der Waals surface area contributed by atoms with Gasteiger partial charge < -0.3 is 20.9 Å². The fourth-order valence-electron chi connectivity index (χ4n) is 3.43. The van der Waals surface area contributed by atoms with Crippen LogP contribution in [0.4, 0.5) is 23.5 Å². The highest BCUT2D eigenvalue weighted by atomic mass is 32.2. The number of primary sulfonamides is 1. The fourth-order valence-corrected chi connectivity index (χ4v) is 3.97. The maximum atomic E-state index is 11.8. The Morgan fingerprint density at radius 3 is 2.55 bits per heavy atom. The third-order valence-electron chi connectivity index (χ3n) is 4.85. The van der Waals surface area contributed by atoms with Crippen LogP contribution in [-0.2, 0) is 10.0 Å².